The zero-order valence-electron chi connectivity index (χ0n) is 17.4. The van der Waals surface area contributed by atoms with E-state index in [1.54, 1.807) is 25.3 Å². The molecule has 0 aliphatic carbocycles. The number of furan rings is 1. The highest BCUT2D eigenvalue weighted by Gasteiger charge is 2.08. The van der Waals surface area contributed by atoms with E-state index in [2.05, 4.69) is 29.5 Å². The van der Waals surface area contributed by atoms with Gasteiger partial charge >= 0.3 is 0 Å². The van der Waals surface area contributed by atoms with Gasteiger partial charge in [-0.1, -0.05) is 19.1 Å². The molecule has 2 rings (SSSR count). The Morgan fingerprint density at radius 2 is 2.04 bits per heavy atom. The molecule has 2 N–H and O–H groups in total. The van der Waals surface area contributed by atoms with E-state index in [1.807, 2.05) is 36.4 Å². The van der Waals surface area contributed by atoms with Crippen molar-refractivity contribution in [1.82, 2.24) is 15.5 Å². The van der Waals surface area contributed by atoms with Crippen molar-refractivity contribution in [2.75, 3.05) is 27.2 Å². The number of guanidine groups is 1. The van der Waals surface area contributed by atoms with Gasteiger partial charge in [0.15, 0.2) is 5.96 Å². The number of nitrogens with zero attached hydrogens (tertiary/aromatic N) is 2. The number of hydrogen-bond donors (Lipinski definition) is 2. The molecule has 6 nitrogen and oxygen atoms in total. The summed E-state index contributed by atoms with van der Waals surface area (Å²) in [7, 11) is 3.53. The van der Waals surface area contributed by atoms with Gasteiger partial charge in [-0.2, -0.15) is 0 Å². The Hall–Kier alpha value is -2.76. The van der Waals surface area contributed by atoms with Gasteiger partial charge in [0.25, 0.3) is 5.91 Å². The van der Waals surface area contributed by atoms with Crippen LogP contribution in [0.15, 0.2) is 52.1 Å². The number of amides is 1. The zero-order valence-corrected chi connectivity index (χ0v) is 17.4. The number of aliphatic imine (C=N–C) groups is 1. The lowest BCUT2D eigenvalue weighted by atomic mass is 10.1. The molecule has 0 spiro atoms. The van der Waals surface area contributed by atoms with E-state index in [0.29, 0.717) is 18.2 Å². The van der Waals surface area contributed by atoms with Gasteiger partial charge in [-0.25, -0.2) is 0 Å². The molecule has 152 valence electrons. The van der Waals surface area contributed by atoms with Gasteiger partial charge in [-0.15, -0.1) is 0 Å². The average molecular weight is 385 g/mol. The number of carbonyl (C=O) groups is 1. The van der Waals surface area contributed by atoms with Gasteiger partial charge in [0.05, 0.1) is 6.26 Å². The van der Waals surface area contributed by atoms with Gasteiger partial charge in [0, 0.05) is 45.2 Å². The second-order valence-corrected chi connectivity index (χ2v) is 7.09. The molecule has 0 bridgehead atoms. The Morgan fingerprint density at radius 3 is 2.71 bits per heavy atom. The lowest BCUT2D eigenvalue weighted by molar-refractivity contribution is 0.0827. The van der Waals surface area contributed by atoms with Crippen LogP contribution in [-0.4, -0.2) is 50.0 Å². The van der Waals surface area contributed by atoms with Crippen molar-refractivity contribution in [3.63, 3.8) is 0 Å². The first-order chi connectivity index (χ1) is 13.5. The predicted molar refractivity (Wildman–Crippen MR) is 114 cm³/mol. The van der Waals surface area contributed by atoms with E-state index in [0.717, 1.165) is 43.1 Å². The molecule has 0 aliphatic rings. The van der Waals surface area contributed by atoms with Crippen LogP contribution >= 0.6 is 0 Å². The second kappa shape index (κ2) is 11.2. The summed E-state index contributed by atoms with van der Waals surface area (Å²) in [6.07, 6.45) is 4.29. The molecule has 1 heterocycles. The van der Waals surface area contributed by atoms with Crippen LogP contribution < -0.4 is 10.6 Å². The topological polar surface area (TPSA) is 69.9 Å². The Labute approximate surface area is 168 Å². The highest BCUT2D eigenvalue weighted by molar-refractivity contribution is 5.94. The molecular weight excluding hydrogens is 352 g/mol. The maximum absolute atomic E-state index is 12.1. The molecule has 0 saturated heterocycles. The van der Waals surface area contributed by atoms with Crippen LogP contribution in [0.1, 0.15) is 41.9 Å². The van der Waals surface area contributed by atoms with Gasteiger partial charge in [0.2, 0.25) is 0 Å². The fraction of sp³-hybridized carbons (Fsp3) is 0.455. The standard InChI is InChI=1S/C22H32N4O2/c1-5-17(2)25-22(24-14-12-20-10-7-15-28-20)23-13-11-18-8-6-9-19(16-18)21(27)26(3)4/h6-10,15-17H,5,11-14H2,1-4H3,(H2,23,24,25). The maximum Gasteiger partial charge on any atom is 0.253 e. The minimum Gasteiger partial charge on any atom is -0.469 e. The largest absolute Gasteiger partial charge is 0.469 e. The molecule has 1 aromatic heterocycles. The van der Waals surface area contributed by atoms with Crippen LogP contribution in [0.5, 0.6) is 0 Å². The van der Waals surface area contributed by atoms with Gasteiger partial charge < -0.3 is 20.0 Å². The van der Waals surface area contributed by atoms with Crippen LogP contribution in [0.25, 0.3) is 0 Å². The lowest BCUT2D eigenvalue weighted by Crippen LogP contribution is -2.43. The number of hydrogen-bond acceptors (Lipinski definition) is 3. The number of rotatable bonds is 9. The maximum atomic E-state index is 12.1. The molecule has 0 saturated carbocycles. The highest BCUT2D eigenvalue weighted by atomic mass is 16.3. The quantitative estimate of drug-likeness (QED) is 0.515. The van der Waals surface area contributed by atoms with Crippen molar-refractivity contribution in [2.45, 2.75) is 39.2 Å². The van der Waals surface area contributed by atoms with Crippen molar-refractivity contribution < 1.29 is 9.21 Å². The van der Waals surface area contributed by atoms with Gasteiger partial charge in [0.1, 0.15) is 5.76 Å². The van der Waals surface area contributed by atoms with E-state index in [-0.39, 0.29) is 5.91 Å². The molecule has 6 heteroatoms. The Morgan fingerprint density at radius 1 is 1.21 bits per heavy atom. The van der Waals surface area contributed by atoms with E-state index in [1.165, 1.54) is 0 Å². The third-order valence-corrected chi connectivity index (χ3v) is 4.49. The molecule has 1 aromatic carbocycles. The summed E-state index contributed by atoms with van der Waals surface area (Å²) in [4.78, 5) is 18.4. The summed E-state index contributed by atoms with van der Waals surface area (Å²) in [6, 6.07) is 12.0. The zero-order chi connectivity index (χ0) is 20.4. The van der Waals surface area contributed by atoms with E-state index in [9.17, 15) is 4.79 Å². The molecule has 0 fully saturated rings. The first-order valence-corrected chi connectivity index (χ1v) is 9.87. The van der Waals surface area contributed by atoms with Crippen LogP contribution in [0.4, 0.5) is 0 Å². The van der Waals surface area contributed by atoms with E-state index < -0.39 is 0 Å². The van der Waals surface area contributed by atoms with Crippen molar-refractivity contribution in [1.29, 1.82) is 0 Å². The van der Waals surface area contributed by atoms with Crippen molar-refractivity contribution in [3.8, 4) is 0 Å². The third-order valence-electron chi connectivity index (χ3n) is 4.49. The normalized spacial score (nSPS) is 12.5. The molecule has 0 aliphatic heterocycles. The van der Waals surface area contributed by atoms with Gasteiger partial charge in [-0.3, -0.25) is 9.79 Å². The van der Waals surface area contributed by atoms with Crippen LogP contribution in [0.3, 0.4) is 0 Å². The van der Waals surface area contributed by atoms with Crippen LogP contribution in [0, 0.1) is 0 Å². The monoisotopic (exact) mass is 384 g/mol. The highest BCUT2D eigenvalue weighted by Crippen LogP contribution is 2.08. The Kier molecular flexibility index (Phi) is 8.59. The lowest BCUT2D eigenvalue weighted by Gasteiger charge is -2.17. The fourth-order valence-electron chi connectivity index (χ4n) is 2.66. The number of nitrogens with one attached hydrogen (secondary N) is 2. The molecule has 0 radical (unpaired) electrons. The predicted octanol–water partition coefficient (Wildman–Crippen LogP) is 3.10. The second-order valence-electron chi connectivity index (χ2n) is 7.09. The molecular formula is C22H32N4O2. The van der Waals surface area contributed by atoms with E-state index >= 15 is 0 Å². The smallest absolute Gasteiger partial charge is 0.253 e. The fourth-order valence-corrected chi connectivity index (χ4v) is 2.66. The van der Waals surface area contributed by atoms with Crippen molar-refractivity contribution in [3.05, 3.63) is 59.5 Å². The third kappa shape index (κ3) is 7.10. The SMILES string of the molecule is CCC(C)NC(=NCCc1ccco1)NCCc1cccc(C(=O)N(C)C)c1. The average Bonchev–Trinajstić information content (AvgIpc) is 3.20. The first-order valence-electron chi connectivity index (χ1n) is 9.87. The molecule has 28 heavy (non-hydrogen) atoms. The van der Waals surface area contributed by atoms with Crippen LogP contribution in [-0.2, 0) is 12.8 Å². The Balaban J connectivity index is 1.91. The summed E-state index contributed by atoms with van der Waals surface area (Å²) in [5.74, 6) is 1.77. The minimum absolute atomic E-state index is 0.0217. The van der Waals surface area contributed by atoms with Gasteiger partial charge in [-0.05, 0) is 49.6 Å². The summed E-state index contributed by atoms with van der Waals surface area (Å²) in [5, 5.41) is 6.82. The number of benzene rings is 1. The number of carbonyl (C=O) groups excluding carboxylic acids is 1. The summed E-state index contributed by atoms with van der Waals surface area (Å²) < 4.78 is 5.36. The summed E-state index contributed by atoms with van der Waals surface area (Å²) in [6.45, 7) is 5.68. The van der Waals surface area contributed by atoms with Crippen molar-refractivity contribution >= 4 is 11.9 Å². The van der Waals surface area contributed by atoms with E-state index in [4.69, 9.17) is 4.42 Å². The molecule has 1 unspecified atom stereocenters. The minimum atomic E-state index is 0.0217. The van der Waals surface area contributed by atoms with Crippen molar-refractivity contribution in [2.24, 2.45) is 4.99 Å². The molecule has 2 aromatic rings. The van der Waals surface area contributed by atoms with Crippen LogP contribution in [0.2, 0.25) is 0 Å². The first kappa shape index (κ1) is 21.5. The molecule has 1 amide bonds. The Bertz CT molecular complexity index is 754. The summed E-state index contributed by atoms with van der Waals surface area (Å²) >= 11 is 0. The summed E-state index contributed by atoms with van der Waals surface area (Å²) in [5.41, 5.74) is 1.84. The molecule has 1 atom stereocenters.